The first-order valence-corrected chi connectivity index (χ1v) is 4.42. The van der Waals surface area contributed by atoms with Crippen LogP contribution in [0.1, 0.15) is 39.0 Å². The molecule has 1 rings (SSSR count). The van der Waals surface area contributed by atoms with Crippen LogP contribution >= 0.6 is 0 Å². The second-order valence-corrected chi connectivity index (χ2v) is 3.29. The van der Waals surface area contributed by atoms with Gasteiger partial charge in [-0.1, -0.05) is 31.9 Å². The smallest absolute Gasteiger partial charge is 0.0753 e. The van der Waals surface area contributed by atoms with Crippen LogP contribution in [-0.2, 0) is 0 Å². The average molecular weight is 149 g/mol. The van der Waals surface area contributed by atoms with Crippen LogP contribution in [0.5, 0.6) is 0 Å². The molecule has 11 heavy (non-hydrogen) atoms. The first kappa shape index (κ1) is 8.33. The molecule has 1 aliphatic carbocycles. The van der Waals surface area contributed by atoms with Gasteiger partial charge in [-0.2, -0.15) is 5.26 Å². The van der Waals surface area contributed by atoms with E-state index >= 15 is 0 Å². The minimum Gasteiger partial charge on any atom is -0.197 e. The van der Waals surface area contributed by atoms with Crippen LogP contribution in [0.4, 0.5) is 0 Å². The van der Waals surface area contributed by atoms with Crippen LogP contribution in [0, 0.1) is 16.7 Å². The third-order valence-electron chi connectivity index (χ3n) is 2.39. The number of allylic oxidation sites excluding steroid dienone is 2. The standard InChI is InChI=1S/C10H15N/c1-2-3-6-10(9-11)7-4-5-8-10/h3,6H,2,4-5,7-8H2,1H3. The van der Waals surface area contributed by atoms with Gasteiger partial charge in [0.25, 0.3) is 0 Å². The normalized spacial score (nSPS) is 22.2. The van der Waals surface area contributed by atoms with Crippen molar-refractivity contribution in [2.45, 2.75) is 39.0 Å². The Labute approximate surface area is 68.7 Å². The van der Waals surface area contributed by atoms with Gasteiger partial charge < -0.3 is 0 Å². The van der Waals surface area contributed by atoms with Crippen molar-refractivity contribution in [3.63, 3.8) is 0 Å². The van der Waals surface area contributed by atoms with E-state index < -0.39 is 0 Å². The number of nitrogens with zero attached hydrogens (tertiary/aromatic N) is 1. The third kappa shape index (κ3) is 1.83. The highest BCUT2D eigenvalue weighted by Crippen LogP contribution is 2.38. The van der Waals surface area contributed by atoms with Gasteiger partial charge in [0.15, 0.2) is 0 Å². The fraction of sp³-hybridized carbons (Fsp3) is 0.700. The van der Waals surface area contributed by atoms with E-state index in [0.29, 0.717) is 0 Å². The van der Waals surface area contributed by atoms with Crippen LogP contribution in [0.25, 0.3) is 0 Å². The maximum atomic E-state index is 8.94. The molecule has 0 N–H and O–H groups in total. The minimum absolute atomic E-state index is 0.0873. The Bertz CT molecular complexity index is 180. The lowest BCUT2D eigenvalue weighted by Crippen LogP contribution is -2.08. The maximum Gasteiger partial charge on any atom is 0.0753 e. The second-order valence-electron chi connectivity index (χ2n) is 3.29. The monoisotopic (exact) mass is 149 g/mol. The van der Waals surface area contributed by atoms with E-state index in [1.807, 2.05) is 0 Å². The fourth-order valence-corrected chi connectivity index (χ4v) is 1.67. The van der Waals surface area contributed by atoms with Gasteiger partial charge in [-0.25, -0.2) is 0 Å². The summed E-state index contributed by atoms with van der Waals surface area (Å²) in [6, 6.07) is 2.43. The summed E-state index contributed by atoms with van der Waals surface area (Å²) >= 11 is 0. The minimum atomic E-state index is -0.0873. The van der Waals surface area contributed by atoms with E-state index in [2.05, 4.69) is 25.1 Å². The Morgan fingerprint density at radius 3 is 2.55 bits per heavy atom. The van der Waals surface area contributed by atoms with Crippen molar-refractivity contribution in [2.24, 2.45) is 5.41 Å². The van der Waals surface area contributed by atoms with E-state index in [-0.39, 0.29) is 5.41 Å². The van der Waals surface area contributed by atoms with Crippen LogP contribution in [0.3, 0.4) is 0 Å². The van der Waals surface area contributed by atoms with Gasteiger partial charge in [-0.05, 0) is 19.3 Å². The van der Waals surface area contributed by atoms with E-state index in [4.69, 9.17) is 5.26 Å². The van der Waals surface area contributed by atoms with Gasteiger partial charge in [-0.15, -0.1) is 0 Å². The molecule has 0 aliphatic heterocycles. The average Bonchev–Trinajstić information content (AvgIpc) is 2.50. The molecule has 60 valence electrons. The molecule has 1 nitrogen and oxygen atoms in total. The van der Waals surface area contributed by atoms with Gasteiger partial charge in [-0.3, -0.25) is 0 Å². The summed E-state index contributed by atoms with van der Waals surface area (Å²) in [6.07, 6.45) is 9.86. The molecule has 0 unspecified atom stereocenters. The van der Waals surface area contributed by atoms with Crippen LogP contribution < -0.4 is 0 Å². The molecule has 0 amide bonds. The summed E-state index contributed by atoms with van der Waals surface area (Å²) in [5.41, 5.74) is -0.0873. The van der Waals surface area contributed by atoms with Crippen molar-refractivity contribution in [1.29, 1.82) is 5.26 Å². The molecule has 1 saturated carbocycles. The Morgan fingerprint density at radius 1 is 1.45 bits per heavy atom. The van der Waals surface area contributed by atoms with E-state index in [0.717, 1.165) is 19.3 Å². The maximum absolute atomic E-state index is 8.94. The van der Waals surface area contributed by atoms with Crippen LogP contribution in [0.15, 0.2) is 12.2 Å². The first-order valence-electron chi connectivity index (χ1n) is 4.42. The zero-order valence-corrected chi connectivity index (χ0v) is 7.14. The second kappa shape index (κ2) is 3.57. The molecule has 0 bridgehead atoms. The van der Waals surface area contributed by atoms with Crippen molar-refractivity contribution < 1.29 is 0 Å². The highest BCUT2D eigenvalue weighted by Gasteiger charge is 2.30. The molecule has 0 heterocycles. The van der Waals surface area contributed by atoms with Crippen LogP contribution in [-0.4, -0.2) is 0 Å². The molecular weight excluding hydrogens is 134 g/mol. The SMILES string of the molecule is CCC=CC1(C#N)CCCC1. The number of rotatable bonds is 2. The Kier molecular flexibility index (Phi) is 2.70. The van der Waals surface area contributed by atoms with Crippen molar-refractivity contribution in [3.8, 4) is 6.07 Å². The van der Waals surface area contributed by atoms with Gasteiger partial charge in [0, 0.05) is 0 Å². The zero-order chi connectivity index (χ0) is 8.16. The van der Waals surface area contributed by atoms with Gasteiger partial charge >= 0.3 is 0 Å². The van der Waals surface area contributed by atoms with E-state index in [1.165, 1.54) is 12.8 Å². The summed E-state index contributed by atoms with van der Waals surface area (Å²) in [5, 5.41) is 8.94. The number of hydrogen-bond donors (Lipinski definition) is 0. The molecular formula is C10H15N. The zero-order valence-electron chi connectivity index (χ0n) is 7.14. The lowest BCUT2D eigenvalue weighted by molar-refractivity contribution is 0.529. The van der Waals surface area contributed by atoms with Gasteiger partial charge in [0.05, 0.1) is 11.5 Å². The number of nitriles is 1. The highest BCUT2D eigenvalue weighted by atomic mass is 14.4. The Morgan fingerprint density at radius 2 is 2.09 bits per heavy atom. The molecule has 0 aromatic carbocycles. The molecule has 0 aromatic heterocycles. The molecule has 0 radical (unpaired) electrons. The lowest BCUT2D eigenvalue weighted by atomic mass is 9.87. The fourth-order valence-electron chi connectivity index (χ4n) is 1.67. The molecule has 0 aromatic rings. The Balaban J connectivity index is 2.61. The number of hydrogen-bond acceptors (Lipinski definition) is 1. The van der Waals surface area contributed by atoms with E-state index in [1.54, 1.807) is 0 Å². The van der Waals surface area contributed by atoms with Crippen molar-refractivity contribution in [2.75, 3.05) is 0 Å². The van der Waals surface area contributed by atoms with E-state index in [9.17, 15) is 0 Å². The predicted molar refractivity (Wildman–Crippen MR) is 45.9 cm³/mol. The van der Waals surface area contributed by atoms with Crippen molar-refractivity contribution in [1.82, 2.24) is 0 Å². The Hall–Kier alpha value is -0.770. The predicted octanol–water partition coefficient (Wildman–Crippen LogP) is 3.04. The molecule has 0 saturated heterocycles. The van der Waals surface area contributed by atoms with Crippen LogP contribution in [0.2, 0.25) is 0 Å². The summed E-state index contributed by atoms with van der Waals surface area (Å²) in [5.74, 6) is 0. The lowest BCUT2D eigenvalue weighted by Gasteiger charge is -2.13. The van der Waals surface area contributed by atoms with Gasteiger partial charge in [0.1, 0.15) is 0 Å². The largest absolute Gasteiger partial charge is 0.197 e. The van der Waals surface area contributed by atoms with Crippen molar-refractivity contribution >= 4 is 0 Å². The molecule has 1 aliphatic rings. The summed E-state index contributed by atoms with van der Waals surface area (Å²) in [7, 11) is 0. The summed E-state index contributed by atoms with van der Waals surface area (Å²) in [6.45, 7) is 2.11. The molecule has 1 heteroatoms. The third-order valence-corrected chi connectivity index (χ3v) is 2.39. The van der Waals surface area contributed by atoms with Crippen molar-refractivity contribution in [3.05, 3.63) is 12.2 Å². The molecule has 0 atom stereocenters. The quantitative estimate of drug-likeness (QED) is 0.553. The topological polar surface area (TPSA) is 23.8 Å². The molecule has 0 spiro atoms. The van der Waals surface area contributed by atoms with Gasteiger partial charge in [0.2, 0.25) is 0 Å². The summed E-state index contributed by atoms with van der Waals surface area (Å²) in [4.78, 5) is 0. The summed E-state index contributed by atoms with van der Waals surface area (Å²) < 4.78 is 0. The first-order chi connectivity index (χ1) is 5.33. The molecule has 1 fully saturated rings. The highest BCUT2D eigenvalue weighted by molar-refractivity contribution is 5.14.